The largest absolute Gasteiger partial charge is 0.392 e. The first-order valence-corrected chi connectivity index (χ1v) is 8.85. The maximum atomic E-state index is 12.3. The van der Waals surface area contributed by atoms with Gasteiger partial charge in [0.2, 0.25) is 10.0 Å². The highest BCUT2D eigenvalue weighted by Crippen LogP contribution is 2.17. The Kier molecular flexibility index (Phi) is 7.31. The van der Waals surface area contributed by atoms with Crippen molar-refractivity contribution in [3.63, 3.8) is 0 Å². The number of aliphatic hydroxyl groups excluding tert-OH is 1. The Bertz CT molecular complexity index is 540. The monoisotopic (exact) mass is 314 g/mol. The molecule has 0 aliphatic heterocycles. The van der Waals surface area contributed by atoms with Crippen LogP contribution in [-0.4, -0.2) is 44.6 Å². The third kappa shape index (κ3) is 5.39. The highest BCUT2D eigenvalue weighted by molar-refractivity contribution is 7.89. The lowest BCUT2D eigenvalue weighted by Gasteiger charge is -2.18. The molecule has 0 aliphatic rings. The Morgan fingerprint density at radius 1 is 1.24 bits per heavy atom. The molecule has 0 radical (unpaired) electrons. The maximum absolute atomic E-state index is 12.3. The summed E-state index contributed by atoms with van der Waals surface area (Å²) in [5.74, 6) is 0. The van der Waals surface area contributed by atoms with Crippen molar-refractivity contribution in [1.29, 1.82) is 0 Å². The van der Waals surface area contributed by atoms with Gasteiger partial charge in [-0.15, -0.1) is 0 Å². The summed E-state index contributed by atoms with van der Waals surface area (Å²) < 4.78 is 27.2. The van der Waals surface area contributed by atoms with E-state index in [-0.39, 0.29) is 11.5 Å². The molecule has 0 saturated heterocycles. The molecule has 0 aliphatic carbocycles. The van der Waals surface area contributed by atoms with Crippen molar-refractivity contribution in [2.75, 3.05) is 26.2 Å². The number of nitrogens with one attached hydrogen (secondary N) is 1. The minimum absolute atomic E-state index is 0.162. The third-order valence-corrected chi connectivity index (χ3v) is 5.17. The number of sulfonamides is 1. The van der Waals surface area contributed by atoms with Crippen LogP contribution in [0.4, 0.5) is 0 Å². The van der Waals surface area contributed by atoms with Gasteiger partial charge in [-0.25, -0.2) is 13.1 Å². The van der Waals surface area contributed by atoms with Crippen LogP contribution < -0.4 is 4.72 Å². The van der Waals surface area contributed by atoms with E-state index in [0.717, 1.165) is 26.1 Å². The molecule has 0 heterocycles. The van der Waals surface area contributed by atoms with Crippen molar-refractivity contribution in [3.05, 3.63) is 29.3 Å². The molecule has 0 atom stereocenters. The second-order valence-electron chi connectivity index (χ2n) is 5.04. The number of nitrogens with zero attached hydrogens (tertiary/aromatic N) is 1. The second-order valence-corrected chi connectivity index (χ2v) is 6.77. The molecule has 1 rings (SSSR count). The zero-order valence-corrected chi connectivity index (χ0v) is 13.9. The fourth-order valence-electron chi connectivity index (χ4n) is 2.16. The predicted octanol–water partition coefficient (Wildman–Crippen LogP) is 1.50. The SMILES string of the molecule is CCN(CC)CCCNS(=O)(=O)c1cc(CO)ccc1C. The van der Waals surface area contributed by atoms with Crippen LogP contribution in [0.25, 0.3) is 0 Å². The summed E-state index contributed by atoms with van der Waals surface area (Å²) in [5.41, 5.74) is 1.28. The summed E-state index contributed by atoms with van der Waals surface area (Å²) in [6.07, 6.45) is 0.777. The minimum Gasteiger partial charge on any atom is -0.392 e. The standard InChI is InChI=1S/C15H26N2O3S/c1-4-17(5-2)10-6-9-16-21(19,20)15-11-14(12-18)8-7-13(15)3/h7-8,11,16,18H,4-6,9-10,12H2,1-3H3. The lowest BCUT2D eigenvalue weighted by atomic mass is 10.2. The molecule has 0 amide bonds. The molecule has 0 unspecified atom stereocenters. The number of aryl methyl sites for hydroxylation is 1. The van der Waals surface area contributed by atoms with Gasteiger partial charge in [-0.3, -0.25) is 0 Å². The summed E-state index contributed by atoms with van der Waals surface area (Å²) in [6, 6.07) is 4.98. The zero-order chi connectivity index (χ0) is 15.9. The van der Waals surface area contributed by atoms with Crippen LogP contribution in [0.1, 0.15) is 31.4 Å². The quantitative estimate of drug-likeness (QED) is 0.678. The molecule has 1 aromatic rings. The first-order chi connectivity index (χ1) is 9.94. The average Bonchev–Trinajstić information content (AvgIpc) is 2.47. The summed E-state index contributed by atoms with van der Waals surface area (Å²) in [7, 11) is -3.51. The molecular weight excluding hydrogens is 288 g/mol. The van der Waals surface area contributed by atoms with Crippen molar-refractivity contribution in [2.24, 2.45) is 0 Å². The predicted molar refractivity (Wildman–Crippen MR) is 84.7 cm³/mol. The molecule has 0 spiro atoms. The minimum atomic E-state index is -3.51. The lowest BCUT2D eigenvalue weighted by Crippen LogP contribution is -2.30. The summed E-state index contributed by atoms with van der Waals surface area (Å²) in [4.78, 5) is 2.50. The molecule has 0 bridgehead atoms. The summed E-state index contributed by atoms with van der Waals surface area (Å²) in [6.45, 7) is 9.03. The van der Waals surface area contributed by atoms with E-state index in [0.29, 0.717) is 17.7 Å². The highest BCUT2D eigenvalue weighted by Gasteiger charge is 2.16. The number of hydrogen-bond acceptors (Lipinski definition) is 4. The Morgan fingerprint density at radius 3 is 2.48 bits per heavy atom. The third-order valence-electron chi connectivity index (χ3n) is 3.56. The van der Waals surface area contributed by atoms with Crippen molar-refractivity contribution in [2.45, 2.75) is 38.7 Å². The Hall–Kier alpha value is -0.950. The molecule has 2 N–H and O–H groups in total. The molecule has 120 valence electrons. The fraction of sp³-hybridized carbons (Fsp3) is 0.600. The van der Waals surface area contributed by atoms with Crippen LogP contribution in [0.5, 0.6) is 0 Å². The van der Waals surface area contributed by atoms with Gasteiger partial charge in [0, 0.05) is 6.54 Å². The van der Waals surface area contributed by atoms with Gasteiger partial charge >= 0.3 is 0 Å². The van der Waals surface area contributed by atoms with E-state index in [4.69, 9.17) is 5.11 Å². The average molecular weight is 314 g/mol. The van der Waals surface area contributed by atoms with Crippen molar-refractivity contribution < 1.29 is 13.5 Å². The van der Waals surface area contributed by atoms with E-state index in [1.807, 2.05) is 0 Å². The van der Waals surface area contributed by atoms with Crippen LogP contribution >= 0.6 is 0 Å². The zero-order valence-electron chi connectivity index (χ0n) is 13.1. The summed E-state index contributed by atoms with van der Waals surface area (Å²) in [5, 5.41) is 9.13. The van der Waals surface area contributed by atoms with Crippen molar-refractivity contribution in [3.8, 4) is 0 Å². The first-order valence-electron chi connectivity index (χ1n) is 7.37. The number of aliphatic hydroxyl groups is 1. The van der Waals surface area contributed by atoms with Gasteiger partial charge in [0.05, 0.1) is 11.5 Å². The maximum Gasteiger partial charge on any atom is 0.240 e. The Labute approximate surface area is 128 Å². The molecule has 6 heteroatoms. The van der Waals surface area contributed by atoms with Crippen LogP contribution in [0.15, 0.2) is 23.1 Å². The molecule has 1 aromatic carbocycles. The molecule has 0 fully saturated rings. The molecule has 0 aromatic heterocycles. The van der Waals surface area contributed by atoms with E-state index in [9.17, 15) is 8.42 Å². The van der Waals surface area contributed by atoms with Crippen LogP contribution in [0, 0.1) is 6.92 Å². The number of benzene rings is 1. The second kappa shape index (κ2) is 8.48. The van der Waals surface area contributed by atoms with E-state index in [1.165, 1.54) is 6.07 Å². The normalized spacial score (nSPS) is 12.0. The van der Waals surface area contributed by atoms with Gasteiger partial charge in [0.15, 0.2) is 0 Å². The van der Waals surface area contributed by atoms with Gasteiger partial charge in [-0.2, -0.15) is 0 Å². The molecule has 21 heavy (non-hydrogen) atoms. The highest BCUT2D eigenvalue weighted by atomic mass is 32.2. The van der Waals surface area contributed by atoms with Gasteiger partial charge in [0.1, 0.15) is 0 Å². The van der Waals surface area contributed by atoms with Crippen molar-refractivity contribution >= 4 is 10.0 Å². The lowest BCUT2D eigenvalue weighted by molar-refractivity contribution is 0.281. The van der Waals surface area contributed by atoms with Gasteiger partial charge < -0.3 is 10.0 Å². The summed E-state index contributed by atoms with van der Waals surface area (Å²) >= 11 is 0. The van der Waals surface area contributed by atoms with Gasteiger partial charge in [-0.05, 0) is 50.2 Å². The topological polar surface area (TPSA) is 69.6 Å². The van der Waals surface area contributed by atoms with Crippen LogP contribution in [0.2, 0.25) is 0 Å². The van der Waals surface area contributed by atoms with Gasteiger partial charge in [-0.1, -0.05) is 26.0 Å². The Morgan fingerprint density at radius 2 is 1.90 bits per heavy atom. The van der Waals surface area contributed by atoms with E-state index in [2.05, 4.69) is 23.5 Å². The van der Waals surface area contributed by atoms with E-state index in [1.54, 1.807) is 19.1 Å². The number of hydrogen-bond donors (Lipinski definition) is 2. The molecular formula is C15H26N2O3S. The van der Waals surface area contributed by atoms with Crippen LogP contribution in [0.3, 0.4) is 0 Å². The molecule has 5 nitrogen and oxygen atoms in total. The molecule has 0 saturated carbocycles. The van der Waals surface area contributed by atoms with Crippen molar-refractivity contribution in [1.82, 2.24) is 9.62 Å². The number of rotatable bonds is 9. The smallest absolute Gasteiger partial charge is 0.240 e. The van der Waals surface area contributed by atoms with E-state index < -0.39 is 10.0 Å². The fourth-order valence-corrected chi connectivity index (χ4v) is 3.53. The van der Waals surface area contributed by atoms with E-state index >= 15 is 0 Å². The van der Waals surface area contributed by atoms with Gasteiger partial charge in [0.25, 0.3) is 0 Å². The first kappa shape index (κ1) is 18.1. The Balaban J connectivity index is 2.65. The van der Waals surface area contributed by atoms with Crippen LogP contribution in [-0.2, 0) is 16.6 Å².